The van der Waals surface area contributed by atoms with Gasteiger partial charge in [0.2, 0.25) is 5.91 Å². The van der Waals surface area contributed by atoms with Gasteiger partial charge < -0.3 is 14.6 Å². The second kappa shape index (κ2) is 9.09. The molecule has 14 heteroatoms. The number of pyridine rings is 1. The Balaban J connectivity index is 0.000000383. The molecule has 10 nitrogen and oxygen atoms in total. The first-order valence-electron chi connectivity index (χ1n) is 9.82. The summed E-state index contributed by atoms with van der Waals surface area (Å²) < 4.78 is 60.1. The van der Waals surface area contributed by atoms with Crippen molar-refractivity contribution in [1.82, 2.24) is 23.7 Å². The predicted octanol–water partition coefficient (Wildman–Crippen LogP) is 1.26. The average Bonchev–Trinajstić information content (AvgIpc) is 3.21. The van der Waals surface area contributed by atoms with Crippen LogP contribution in [0.1, 0.15) is 18.4 Å². The number of piperidine rings is 1. The number of alkyl halides is 3. The number of carboxylic acid groups (broad SMARTS) is 1. The molecule has 4 heterocycles. The molecule has 0 saturated carbocycles. The number of β-lactam (4-membered cyclic amide) rings is 1. The first kappa shape index (κ1) is 24.6. The first-order valence-corrected chi connectivity index (χ1v) is 11.3. The molecule has 0 unspecified atom stereocenters. The van der Waals surface area contributed by atoms with Gasteiger partial charge in [-0.05, 0) is 24.5 Å². The summed E-state index contributed by atoms with van der Waals surface area (Å²) in [5.41, 5.74) is 0.601. The number of nitrogens with zero attached hydrogens (tertiary/aromatic N) is 5. The van der Waals surface area contributed by atoms with Crippen LogP contribution in [0.4, 0.5) is 13.2 Å². The number of hydrogen-bond acceptors (Lipinski definition) is 6. The maximum atomic E-state index is 12.7. The van der Waals surface area contributed by atoms with Gasteiger partial charge in [0.15, 0.2) is 5.03 Å². The third-order valence-corrected chi connectivity index (χ3v) is 7.32. The highest BCUT2D eigenvalue weighted by atomic mass is 32.2. The molecule has 180 valence electrons. The molecule has 2 saturated heterocycles. The first-order chi connectivity index (χ1) is 15.3. The molecule has 2 aliphatic rings. The van der Waals surface area contributed by atoms with Gasteiger partial charge in [0.25, 0.3) is 10.0 Å². The van der Waals surface area contributed by atoms with Gasteiger partial charge in [-0.25, -0.2) is 18.2 Å². The Morgan fingerprint density at radius 1 is 1.27 bits per heavy atom. The number of carbonyl (C=O) groups excluding carboxylic acids is 1. The van der Waals surface area contributed by atoms with Crippen LogP contribution < -0.4 is 0 Å². The monoisotopic (exact) mass is 489 g/mol. The third kappa shape index (κ3) is 5.33. The Bertz CT molecular complexity index is 1110. The van der Waals surface area contributed by atoms with Crippen molar-refractivity contribution in [1.29, 1.82) is 0 Å². The van der Waals surface area contributed by atoms with Crippen LogP contribution >= 0.6 is 0 Å². The van der Waals surface area contributed by atoms with Gasteiger partial charge in [-0.15, -0.1) is 0 Å². The van der Waals surface area contributed by atoms with Crippen LogP contribution in [0.5, 0.6) is 0 Å². The number of sulfonamides is 1. The summed E-state index contributed by atoms with van der Waals surface area (Å²) in [4.78, 5) is 31.4. The Morgan fingerprint density at radius 3 is 2.36 bits per heavy atom. The molecule has 1 N–H and O–H groups in total. The molecule has 0 aromatic carbocycles. The minimum Gasteiger partial charge on any atom is -0.475 e. The topological polar surface area (TPSA) is 126 Å². The summed E-state index contributed by atoms with van der Waals surface area (Å²) in [5.74, 6) is -2.64. The maximum absolute atomic E-state index is 12.7. The smallest absolute Gasteiger partial charge is 0.475 e. The van der Waals surface area contributed by atoms with E-state index in [1.165, 1.54) is 16.8 Å². The number of carbonyl (C=O) groups is 2. The fourth-order valence-corrected chi connectivity index (χ4v) is 5.18. The van der Waals surface area contributed by atoms with E-state index < -0.39 is 27.6 Å². The van der Waals surface area contributed by atoms with Gasteiger partial charge in [-0.1, -0.05) is 6.07 Å². The van der Waals surface area contributed by atoms with Crippen molar-refractivity contribution in [2.45, 2.75) is 30.6 Å². The second-order valence-corrected chi connectivity index (χ2v) is 9.77. The van der Waals surface area contributed by atoms with E-state index in [0.717, 1.165) is 5.56 Å². The molecule has 1 amide bonds. The SMILES string of the molecule is Cn1cnc(S(=O)(=O)N2CCC3(CC2)CN(Cc2cccnc2)C3=O)c1.O=C(O)C(F)(F)F. The Hall–Kier alpha value is -3.00. The molecule has 0 aliphatic carbocycles. The van der Waals surface area contributed by atoms with Gasteiger partial charge >= 0.3 is 12.1 Å². The molecule has 4 rings (SSSR count). The largest absolute Gasteiger partial charge is 0.490 e. The predicted molar refractivity (Wildman–Crippen MR) is 107 cm³/mol. The maximum Gasteiger partial charge on any atom is 0.490 e. The van der Waals surface area contributed by atoms with Crippen LogP contribution in [0.2, 0.25) is 0 Å². The van der Waals surface area contributed by atoms with Crippen molar-refractivity contribution in [3.63, 3.8) is 0 Å². The fraction of sp³-hybridized carbons (Fsp3) is 0.474. The lowest BCUT2D eigenvalue weighted by Gasteiger charge is -2.52. The van der Waals surface area contributed by atoms with E-state index in [2.05, 4.69) is 9.97 Å². The number of aryl methyl sites for hydroxylation is 1. The number of amides is 1. The van der Waals surface area contributed by atoms with E-state index in [1.807, 2.05) is 17.0 Å². The Labute approximate surface area is 187 Å². The highest BCUT2D eigenvalue weighted by Gasteiger charge is 2.54. The molecule has 0 bridgehead atoms. The van der Waals surface area contributed by atoms with Gasteiger partial charge in [-0.3, -0.25) is 9.78 Å². The lowest BCUT2D eigenvalue weighted by Crippen LogP contribution is -2.64. The zero-order valence-electron chi connectivity index (χ0n) is 17.6. The van der Waals surface area contributed by atoms with Crippen molar-refractivity contribution >= 4 is 21.9 Å². The quantitative estimate of drug-likeness (QED) is 0.641. The van der Waals surface area contributed by atoms with Crippen LogP contribution in [0, 0.1) is 5.41 Å². The minimum atomic E-state index is -5.08. The molecule has 1 spiro atoms. The number of aliphatic carboxylic acids is 1. The highest BCUT2D eigenvalue weighted by molar-refractivity contribution is 7.89. The summed E-state index contributed by atoms with van der Waals surface area (Å²) >= 11 is 0. The van der Waals surface area contributed by atoms with Gasteiger partial charge in [0.05, 0.1) is 11.7 Å². The van der Waals surface area contributed by atoms with Crippen LogP contribution in [0.3, 0.4) is 0 Å². The summed E-state index contributed by atoms with van der Waals surface area (Å²) in [6, 6.07) is 3.81. The number of rotatable bonds is 4. The van der Waals surface area contributed by atoms with Crippen LogP contribution in [-0.4, -0.2) is 75.0 Å². The van der Waals surface area contributed by atoms with Gasteiger partial charge in [0.1, 0.15) is 0 Å². The summed E-state index contributed by atoms with van der Waals surface area (Å²) in [7, 11) is -1.85. The molecule has 2 aromatic heterocycles. The molecular weight excluding hydrogens is 467 g/mol. The van der Waals surface area contributed by atoms with E-state index in [0.29, 0.717) is 39.0 Å². The van der Waals surface area contributed by atoms with E-state index in [9.17, 15) is 26.4 Å². The summed E-state index contributed by atoms with van der Waals surface area (Å²) in [6.45, 7) is 1.94. The zero-order chi connectivity index (χ0) is 24.4. The van der Waals surface area contributed by atoms with Crippen LogP contribution in [0.25, 0.3) is 0 Å². The van der Waals surface area contributed by atoms with Crippen molar-refractivity contribution in [2.24, 2.45) is 12.5 Å². The lowest BCUT2D eigenvalue weighted by molar-refractivity contribution is -0.192. The fourth-order valence-electron chi connectivity index (χ4n) is 3.77. The minimum absolute atomic E-state index is 0.0640. The standard InChI is InChI=1S/C17H21N5O3S.C2HF3O2/c1-20-11-15(19-13-20)26(24,25)22-7-4-17(5-8-22)12-21(16(17)23)10-14-3-2-6-18-9-14;3-2(4,5)1(6)7/h2-3,6,9,11,13H,4-5,7-8,10,12H2,1H3;(H,6,7). The molecule has 2 aliphatic heterocycles. The average molecular weight is 489 g/mol. The summed E-state index contributed by atoms with van der Waals surface area (Å²) in [6.07, 6.45) is 2.48. The van der Waals surface area contributed by atoms with Crippen molar-refractivity contribution < 1.29 is 36.3 Å². The number of aromatic nitrogens is 3. The molecule has 2 fully saturated rings. The van der Waals surface area contributed by atoms with E-state index in [1.54, 1.807) is 24.0 Å². The van der Waals surface area contributed by atoms with Crippen molar-refractivity contribution in [3.8, 4) is 0 Å². The highest BCUT2D eigenvalue weighted by Crippen LogP contribution is 2.43. The van der Waals surface area contributed by atoms with E-state index in [4.69, 9.17) is 9.90 Å². The third-order valence-electron chi connectivity index (χ3n) is 5.54. The number of carboxylic acids is 1. The normalized spacial score (nSPS) is 18.4. The van der Waals surface area contributed by atoms with Gasteiger partial charge in [-0.2, -0.15) is 17.5 Å². The summed E-state index contributed by atoms with van der Waals surface area (Å²) in [5, 5.41) is 7.19. The Kier molecular flexibility index (Phi) is 6.79. The lowest BCUT2D eigenvalue weighted by atomic mass is 9.71. The van der Waals surface area contributed by atoms with Crippen LogP contribution in [-0.2, 0) is 33.2 Å². The number of likely N-dealkylation sites (tertiary alicyclic amines) is 1. The van der Waals surface area contributed by atoms with Crippen molar-refractivity contribution in [2.75, 3.05) is 19.6 Å². The molecule has 0 radical (unpaired) electrons. The van der Waals surface area contributed by atoms with E-state index >= 15 is 0 Å². The zero-order valence-corrected chi connectivity index (χ0v) is 18.4. The molecule has 0 atom stereocenters. The Morgan fingerprint density at radius 2 is 1.91 bits per heavy atom. The van der Waals surface area contributed by atoms with Crippen molar-refractivity contribution in [3.05, 3.63) is 42.6 Å². The number of hydrogen-bond donors (Lipinski definition) is 1. The molecule has 33 heavy (non-hydrogen) atoms. The molecular formula is C19H22F3N5O5S. The molecule has 2 aromatic rings. The van der Waals surface area contributed by atoms with Crippen LogP contribution in [0.15, 0.2) is 42.1 Å². The van der Waals surface area contributed by atoms with Gasteiger partial charge in [0, 0.05) is 51.8 Å². The number of halogens is 3. The number of imidazole rings is 1. The second-order valence-electron chi connectivity index (χ2n) is 7.89. The van der Waals surface area contributed by atoms with E-state index in [-0.39, 0.29) is 10.9 Å².